The van der Waals surface area contributed by atoms with Crippen LogP contribution in [0.15, 0.2) is 48.5 Å². The van der Waals surface area contributed by atoms with Gasteiger partial charge in [-0.3, -0.25) is 14.9 Å². The number of esters is 1. The minimum Gasteiger partial charge on any atom is -0.444 e. The topological polar surface area (TPSA) is 113 Å². The Hall–Kier alpha value is -2.93. The zero-order chi connectivity index (χ0) is 17.0. The van der Waals surface area contributed by atoms with Gasteiger partial charge in [-0.25, -0.2) is 4.79 Å². The largest absolute Gasteiger partial charge is 0.444 e. The van der Waals surface area contributed by atoms with E-state index in [-0.39, 0.29) is 10.6 Å². The van der Waals surface area contributed by atoms with Gasteiger partial charge < -0.3 is 10.5 Å². The Bertz CT molecular complexity index is 764. The van der Waals surface area contributed by atoms with Crippen LogP contribution in [-0.2, 0) is 9.53 Å². The first-order valence-electron chi connectivity index (χ1n) is 6.39. The molecule has 118 valence electrons. The molecular formula is C15H11ClN2O5. The molecule has 2 aromatic rings. The van der Waals surface area contributed by atoms with Gasteiger partial charge in [0.15, 0.2) is 0 Å². The van der Waals surface area contributed by atoms with Crippen LogP contribution in [0.4, 0.5) is 5.69 Å². The molecule has 2 aromatic carbocycles. The summed E-state index contributed by atoms with van der Waals surface area (Å²) >= 11 is 5.69. The monoisotopic (exact) mass is 334 g/mol. The molecule has 0 fully saturated rings. The van der Waals surface area contributed by atoms with Gasteiger partial charge in [-0.05, 0) is 12.1 Å². The SMILES string of the molecule is NC(=O)C(OC(=O)c1ccc(Cl)cc1[N+](=O)[O-])c1ccccc1. The first kappa shape index (κ1) is 16.4. The van der Waals surface area contributed by atoms with Crippen LogP contribution in [0, 0.1) is 10.1 Å². The summed E-state index contributed by atoms with van der Waals surface area (Å²) in [5, 5.41) is 11.1. The third-order valence-electron chi connectivity index (χ3n) is 2.96. The van der Waals surface area contributed by atoms with Gasteiger partial charge in [0.1, 0.15) is 5.56 Å². The van der Waals surface area contributed by atoms with Crippen molar-refractivity contribution in [3.05, 3.63) is 74.8 Å². The molecule has 8 heteroatoms. The van der Waals surface area contributed by atoms with Crippen molar-refractivity contribution < 1.29 is 19.2 Å². The summed E-state index contributed by atoms with van der Waals surface area (Å²) in [4.78, 5) is 34.0. The molecule has 7 nitrogen and oxygen atoms in total. The molecule has 0 aliphatic heterocycles. The highest BCUT2D eigenvalue weighted by Crippen LogP contribution is 2.26. The Morgan fingerprint density at radius 3 is 2.39 bits per heavy atom. The van der Waals surface area contributed by atoms with Crippen LogP contribution in [0.3, 0.4) is 0 Å². The van der Waals surface area contributed by atoms with E-state index in [1.165, 1.54) is 6.07 Å². The summed E-state index contributed by atoms with van der Waals surface area (Å²) in [6.45, 7) is 0. The molecule has 0 heterocycles. The van der Waals surface area contributed by atoms with E-state index in [1.807, 2.05) is 0 Å². The van der Waals surface area contributed by atoms with E-state index in [0.717, 1.165) is 12.1 Å². The molecule has 1 unspecified atom stereocenters. The number of rotatable bonds is 5. The zero-order valence-corrected chi connectivity index (χ0v) is 12.4. The number of hydrogen-bond acceptors (Lipinski definition) is 5. The Labute approximate surface area is 135 Å². The maximum atomic E-state index is 12.2. The quantitative estimate of drug-likeness (QED) is 0.513. The van der Waals surface area contributed by atoms with E-state index in [0.29, 0.717) is 5.56 Å². The highest BCUT2D eigenvalue weighted by Gasteiger charge is 2.27. The highest BCUT2D eigenvalue weighted by molar-refractivity contribution is 6.31. The van der Waals surface area contributed by atoms with Gasteiger partial charge in [-0.15, -0.1) is 0 Å². The second-order valence-corrected chi connectivity index (χ2v) is 4.95. The second kappa shape index (κ2) is 6.89. The minimum absolute atomic E-state index is 0.0998. The summed E-state index contributed by atoms with van der Waals surface area (Å²) < 4.78 is 5.05. The van der Waals surface area contributed by atoms with E-state index in [4.69, 9.17) is 22.1 Å². The van der Waals surface area contributed by atoms with Gasteiger partial charge in [-0.1, -0.05) is 41.9 Å². The van der Waals surface area contributed by atoms with Crippen LogP contribution in [0.2, 0.25) is 5.02 Å². The molecule has 0 aliphatic carbocycles. The highest BCUT2D eigenvalue weighted by atomic mass is 35.5. The van der Waals surface area contributed by atoms with Crippen molar-refractivity contribution in [2.24, 2.45) is 5.73 Å². The van der Waals surface area contributed by atoms with Crippen LogP contribution in [-0.4, -0.2) is 16.8 Å². The Balaban J connectivity index is 2.34. The fraction of sp³-hybridized carbons (Fsp3) is 0.0667. The molecule has 0 spiro atoms. The number of benzene rings is 2. The number of hydrogen-bond donors (Lipinski definition) is 1. The first-order chi connectivity index (χ1) is 10.9. The molecule has 0 bridgehead atoms. The lowest BCUT2D eigenvalue weighted by Crippen LogP contribution is -2.26. The number of nitro benzene ring substituents is 1. The number of amides is 1. The number of carbonyl (C=O) groups is 2. The maximum absolute atomic E-state index is 12.2. The number of nitrogens with zero attached hydrogens (tertiary/aromatic N) is 1. The molecule has 23 heavy (non-hydrogen) atoms. The van der Waals surface area contributed by atoms with Crippen molar-refractivity contribution in [1.82, 2.24) is 0 Å². The van der Waals surface area contributed by atoms with E-state index in [1.54, 1.807) is 30.3 Å². The normalized spacial score (nSPS) is 11.5. The first-order valence-corrected chi connectivity index (χ1v) is 6.77. The second-order valence-electron chi connectivity index (χ2n) is 4.52. The van der Waals surface area contributed by atoms with Crippen LogP contribution in [0.25, 0.3) is 0 Å². The molecule has 1 amide bonds. The number of ether oxygens (including phenoxy) is 1. The van der Waals surface area contributed by atoms with Crippen molar-refractivity contribution >= 4 is 29.2 Å². The van der Waals surface area contributed by atoms with Gasteiger partial charge >= 0.3 is 5.97 Å². The molecule has 0 saturated heterocycles. The average Bonchev–Trinajstić information content (AvgIpc) is 2.52. The number of primary amides is 1. The van der Waals surface area contributed by atoms with E-state index in [2.05, 4.69) is 0 Å². The fourth-order valence-electron chi connectivity index (χ4n) is 1.92. The van der Waals surface area contributed by atoms with Gasteiger partial charge in [0.25, 0.3) is 11.6 Å². The Morgan fingerprint density at radius 1 is 1.17 bits per heavy atom. The molecular weight excluding hydrogens is 324 g/mol. The molecule has 2 N–H and O–H groups in total. The Morgan fingerprint density at radius 2 is 1.83 bits per heavy atom. The average molecular weight is 335 g/mol. The van der Waals surface area contributed by atoms with Crippen LogP contribution < -0.4 is 5.73 Å². The summed E-state index contributed by atoms with van der Waals surface area (Å²) in [6, 6.07) is 11.6. The van der Waals surface area contributed by atoms with Crippen molar-refractivity contribution in [3.63, 3.8) is 0 Å². The summed E-state index contributed by atoms with van der Waals surface area (Å²) in [5.74, 6) is -1.93. The lowest BCUT2D eigenvalue weighted by Gasteiger charge is -2.15. The lowest BCUT2D eigenvalue weighted by atomic mass is 10.1. The third-order valence-corrected chi connectivity index (χ3v) is 3.20. The fourth-order valence-corrected chi connectivity index (χ4v) is 2.08. The number of nitro groups is 1. The summed E-state index contributed by atoms with van der Waals surface area (Å²) in [6.07, 6.45) is -1.35. The van der Waals surface area contributed by atoms with Crippen molar-refractivity contribution in [2.75, 3.05) is 0 Å². The predicted octanol–water partition coefficient (Wildman–Crippen LogP) is 2.63. The van der Waals surface area contributed by atoms with E-state index in [9.17, 15) is 19.7 Å². The zero-order valence-electron chi connectivity index (χ0n) is 11.6. The number of halogens is 1. The molecule has 0 saturated carbocycles. The van der Waals surface area contributed by atoms with E-state index >= 15 is 0 Å². The summed E-state index contributed by atoms with van der Waals surface area (Å²) in [7, 11) is 0. The number of carbonyl (C=O) groups excluding carboxylic acids is 2. The van der Waals surface area contributed by atoms with Crippen LogP contribution in [0.1, 0.15) is 22.0 Å². The summed E-state index contributed by atoms with van der Waals surface area (Å²) in [5.41, 5.74) is 4.78. The smallest absolute Gasteiger partial charge is 0.346 e. The van der Waals surface area contributed by atoms with E-state index < -0.39 is 28.6 Å². The Kier molecular flexibility index (Phi) is 4.92. The van der Waals surface area contributed by atoms with Crippen molar-refractivity contribution in [3.8, 4) is 0 Å². The molecule has 0 radical (unpaired) electrons. The number of nitrogens with two attached hydrogens (primary N) is 1. The molecule has 1 atom stereocenters. The third kappa shape index (κ3) is 3.83. The molecule has 0 aromatic heterocycles. The molecule has 2 rings (SSSR count). The van der Waals surface area contributed by atoms with Crippen molar-refractivity contribution in [2.45, 2.75) is 6.10 Å². The van der Waals surface area contributed by atoms with Gasteiger partial charge in [0.05, 0.1) is 4.92 Å². The van der Waals surface area contributed by atoms with Crippen molar-refractivity contribution in [1.29, 1.82) is 0 Å². The lowest BCUT2D eigenvalue weighted by molar-refractivity contribution is -0.385. The minimum atomic E-state index is -1.35. The predicted molar refractivity (Wildman–Crippen MR) is 81.9 cm³/mol. The van der Waals surface area contributed by atoms with Crippen LogP contribution in [0.5, 0.6) is 0 Å². The molecule has 0 aliphatic rings. The van der Waals surface area contributed by atoms with Gasteiger partial charge in [0.2, 0.25) is 6.10 Å². The van der Waals surface area contributed by atoms with Gasteiger partial charge in [0, 0.05) is 16.7 Å². The van der Waals surface area contributed by atoms with Gasteiger partial charge in [-0.2, -0.15) is 0 Å². The standard InChI is InChI=1S/C15H11ClN2O5/c16-10-6-7-11(12(8-10)18(21)22)15(20)23-13(14(17)19)9-4-2-1-3-5-9/h1-8,13H,(H2,17,19). The maximum Gasteiger partial charge on any atom is 0.346 e. The van der Waals surface area contributed by atoms with Crippen LogP contribution >= 0.6 is 11.6 Å².